The van der Waals surface area contributed by atoms with Crippen molar-refractivity contribution >= 4 is 23.6 Å². The Hall–Kier alpha value is -3.17. The van der Waals surface area contributed by atoms with Crippen molar-refractivity contribution in [3.63, 3.8) is 0 Å². The van der Waals surface area contributed by atoms with E-state index in [1.165, 1.54) is 4.90 Å². The van der Waals surface area contributed by atoms with E-state index in [2.05, 4.69) is 14.8 Å². The van der Waals surface area contributed by atoms with Gasteiger partial charge in [0.1, 0.15) is 5.75 Å². The number of carbonyl (C=O) groups excluding carboxylic acids is 2. The van der Waals surface area contributed by atoms with Gasteiger partial charge in [0.05, 0.1) is 30.9 Å². The number of ether oxygens (including phenoxy) is 2. The van der Waals surface area contributed by atoms with Crippen LogP contribution in [0.3, 0.4) is 0 Å². The van der Waals surface area contributed by atoms with Gasteiger partial charge in [-0.1, -0.05) is 23.9 Å². The molecule has 1 aromatic heterocycles. The number of imide groups is 1. The van der Waals surface area contributed by atoms with Crippen molar-refractivity contribution in [3.8, 4) is 17.1 Å². The number of hydrogen-bond acceptors (Lipinski definition) is 7. The lowest BCUT2D eigenvalue weighted by molar-refractivity contribution is 0.0652. The number of aromatic nitrogens is 3. The summed E-state index contributed by atoms with van der Waals surface area (Å²) in [5, 5.41) is 9.81. The monoisotopic (exact) mass is 492 g/mol. The summed E-state index contributed by atoms with van der Waals surface area (Å²) < 4.78 is 13.3. The number of carbonyl (C=O) groups is 2. The van der Waals surface area contributed by atoms with Gasteiger partial charge in [-0.25, -0.2) is 0 Å². The van der Waals surface area contributed by atoms with E-state index in [0.717, 1.165) is 60.3 Å². The molecule has 1 saturated heterocycles. The molecule has 2 aliphatic rings. The fourth-order valence-electron chi connectivity index (χ4n) is 4.48. The minimum atomic E-state index is -0.196. The summed E-state index contributed by atoms with van der Waals surface area (Å²) in [4.78, 5) is 26.4. The highest BCUT2D eigenvalue weighted by Gasteiger charge is 2.34. The van der Waals surface area contributed by atoms with Gasteiger partial charge >= 0.3 is 0 Å². The molecule has 1 atom stereocenters. The summed E-state index contributed by atoms with van der Waals surface area (Å²) in [5.74, 6) is 2.04. The Morgan fingerprint density at radius 1 is 1.03 bits per heavy atom. The van der Waals surface area contributed by atoms with Crippen LogP contribution in [0.1, 0.15) is 46.4 Å². The highest BCUT2D eigenvalue weighted by atomic mass is 32.2. The molecule has 3 heterocycles. The lowest BCUT2D eigenvalue weighted by atomic mass is 10.1. The number of fused-ring (bicyclic) bond motifs is 1. The van der Waals surface area contributed by atoms with E-state index in [1.54, 1.807) is 43.1 Å². The smallest absolute Gasteiger partial charge is 0.261 e. The summed E-state index contributed by atoms with van der Waals surface area (Å²) in [6, 6.07) is 14.8. The Kier molecular flexibility index (Phi) is 7.15. The fraction of sp³-hybridized carbons (Fsp3) is 0.385. The predicted molar refractivity (Wildman–Crippen MR) is 133 cm³/mol. The second-order valence-electron chi connectivity index (χ2n) is 8.64. The van der Waals surface area contributed by atoms with Crippen LogP contribution in [-0.2, 0) is 11.3 Å². The van der Waals surface area contributed by atoms with Crippen molar-refractivity contribution in [2.75, 3.05) is 26.0 Å². The third-order valence-corrected chi connectivity index (χ3v) is 7.41. The molecule has 182 valence electrons. The number of methoxy groups -OCH3 is 1. The van der Waals surface area contributed by atoms with E-state index in [1.807, 2.05) is 24.3 Å². The zero-order valence-electron chi connectivity index (χ0n) is 19.7. The van der Waals surface area contributed by atoms with Crippen LogP contribution >= 0.6 is 11.8 Å². The van der Waals surface area contributed by atoms with Crippen LogP contribution in [0.5, 0.6) is 5.75 Å². The molecule has 0 radical (unpaired) electrons. The maximum Gasteiger partial charge on any atom is 0.261 e. The Morgan fingerprint density at radius 3 is 2.43 bits per heavy atom. The van der Waals surface area contributed by atoms with E-state index < -0.39 is 0 Å². The number of benzene rings is 2. The summed E-state index contributed by atoms with van der Waals surface area (Å²) in [7, 11) is 1.65. The maximum absolute atomic E-state index is 12.5. The lowest BCUT2D eigenvalue weighted by Gasteiger charge is -2.15. The second-order valence-corrected chi connectivity index (χ2v) is 9.71. The minimum Gasteiger partial charge on any atom is -0.497 e. The lowest BCUT2D eigenvalue weighted by Crippen LogP contribution is -2.30. The van der Waals surface area contributed by atoms with Crippen molar-refractivity contribution in [1.29, 1.82) is 0 Å². The van der Waals surface area contributed by atoms with Crippen LogP contribution in [0.25, 0.3) is 11.4 Å². The van der Waals surface area contributed by atoms with E-state index in [9.17, 15) is 9.59 Å². The van der Waals surface area contributed by atoms with Crippen LogP contribution in [0.2, 0.25) is 0 Å². The van der Waals surface area contributed by atoms with Gasteiger partial charge in [-0.05, 0) is 62.1 Å². The van der Waals surface area contributed by atoms with E-state index >= 15 is 0 Å². The van der Waals surface area contributed by atoms with Crippen molar-refractivity contribution in [1.82, 2.24) is 19.7 Å². The van der Waals surface area contributed by atoms with Crippen molar-refractivity contribution < 1.29 is 19.1 Å². The van der Waals surface area contributed by atoms with Crippen molar-refractivity contribution in [3.05, 3.63) is 59.7 Å². The molecule has 8 nitrogen and oxygen atoms in total. The molecule has 0 saturated carbocycles. The van der Waals surface area contributed by atoms with E-state index in [4.69, 9.17) is 9.47 Å². The van der Waals surface area contributed by atoms with Gasteiger partial charge in [-0.3, -0.25) is 19.1 Å². The molecule has 35 heavy (non-hydrogen) atoms. The average Bonchev–Trinajstić information content (AvgIpc) is 3.61. The summed E-state index contributed by atoms with van der Waals surface area (Å²) in [6.45, 7) is 1.93. The molecule has 1 fully saturated rings. The van der Waals surface area contributed by atoms with Gasteiger partial charge in [-0.15, -0.1) is 10.2 Å². The second kappa shape index (κ2) is 10.6. The number of nitrogens with zero attached hydrogens (tertiary/aromatic N) is 4. The van der Waals surface area contributed by atoms with Crippen molar-refractivity contribution in [2.45, 2.75) is 43.5 Å². The molecular weight excluding hydrogens is 464 g/mol. The first-order valence-electron chi connectivity index (χ1n) is 11.9. The van der Waals surface area contributed by atoms with E-state index in [-0.39, 0.29) is 17.9 Å². The van der Waals surface area contributed by atoms with Crippen LogP contribution in [0, 0.1) is 0 Å². The van der Waals surface area contributed by atoms with Gasteiger partial charge < -0.3 is 9.47 Å². The SMILES string of the molecule is COc1ccc(-c2nnc(SCCCCN3C(=O)c4ccccc4C3=O)n2CC2CCCO2)cc1. The fourth-order valence-corrected chi connectivity index (χ4v) is 5.43. The zero-order chi connectivity index (χ0) is 24.2. The standard InChI is InChI=1S/C26H28N4O4S/c1-33-19-12-10-18(11-13-19)23-27-28-26(30(23)17-20-7-6-15-34-20)35-16-5-4-14-29-24(31)21-8-2-3-9-22(21)25(29)32/h2-3,8-13,20H,4-7,14-17H2,1H3. The molecule has 2 aliphatic heterocycles. The first-order valence-corrected chi connectivity index (χ1v) is 12.9. The van der Waals surface area contributed by atoms with Gasteiger partial charge in [0.2, 0.25) is 0 Å². The number of unbranched alkanes of at least 4 members (excludes halogenated alkanes) is 1. The predicted octanol–water partition coefficient (Wildman–Crippen LogP) is 4.30. The third kappa shape index (κ3) is 4.97. The minimum absolute atomic E-state index is 0.163. The Balaban J connectivity index is 1.21. The molecule has 9 heteroatoms. The highest BCUT2D eigenvalue weighted by molar-refractivity contribution is 7.99. The molecule has 0 aliphatic carbocycles. The van der Waals surface area contributed by atoms with Crippen LogP contribution in [0.15, 0.2) is 53.7 Å². The van der Waals surface area contributed by atoms with Crippen LogP contribution in [0.4, 0.5) is 0 Å². The summed E-state index contributed by atoms with van der Waals surface area (Å²) in [5.41, 5.74) is 1.98. The molecule has 3 aromatic rings. The molecule has 2 amide bonds. The maximum atomic E-state index is 12.5. The molecular formula is C26H28N4O4S. The number of thioether (sulfide) groups is 1. The Morgan fingerprint density at radius 2 is 1.77 bits per heavy atom. The van der Waals surface area contributed by atoms with Gasteiger partial charge in [0.15, 0.2) is 11.0 Å². The van der Waals surface area contributed by atoms with Gasteiger partial charge in [0.25, 0.3) is 11.8 Å². The number of hydrogen-bond donors (Lipinski definition) is 0. The first kappa shape index (κ1) is 23.6. The molecule has 0 spiro atoms. The van der Waals surface area contributed by atoms with Gasteiger partial charge in [0, 0.05) is 24.5 Å². The molecule has 0 bridgehead atoms. The first-order chi connectivity index (χ1) is 17.2. The van der Waals surface area contributed by atoms with E-state index in [0.29, 0.717) is 24.2 Å². The Labute approximate surface area is 208 Å². The zero-order valence-corrected chi connectivity index (χ0v) is 20.5. The third-order valence-electron chi connectivity index (χ3n) is 6.36. The van der Waals surface area contributed by atoms with Crippen LogP contribution in [-0.4, -0.2) is 63.6 Å². The quantitative estimate of drug-likeness (QED) is 0.237. The number of amides is 2. The average molecular weight is 493 g/mol. The number of rotatable bonds is 10. The summed E-state index contributed by atoms with van der Waals surface area (Å²) in [6.07, 6.45) is 3.86. The topological polar surface area (TPSA) is 86.6 Å². The summed E-state index contributed by atoms with van der Waals surface area (Å²) >= 11 is 1.65. The highest BCUT2D eigenvalue weighted by Crippen LogP contribution is 2.28. The largest absolute Gasteiger partial charge is 0.497 e. The van der Waals surface area contributed by atoms with Crippen molar-refractivity contribution in [2.24, 2.45) is 0 Å². The molecule has 0 N–H and O–H groups in total. The Bertz CT molecular complexity index is 1170. The normalized spacial score (nSPS) is 17.3. The van der Waals surface area contributed by atoms with Gasteiger partial charge in [-0.2, -0.15) is 0 Å². The molecule has 2 aromatic carbocycles. The molecule has 1 unspecified atom stereocenters. The van der Waals surface area contributed by atoms with Crippen LogP contribution < -0.4 is 4.74 Å². The molecule has 5 rings (SSSR count).